The highest BCUT2D eigenvalue weighted by molar-refractivity contribution is 7.22. The van der Waals surface area contributed by atoms with Crippen LogP contribution in [0.5, 0.6) is 0 Å². The molecule has 4 rings (SSSR count). The molecule has 1 aliphatic rings. The van der Waals surface area contributed by atoms with Gasteiger partial charge in [0, 0.05) is 6.04 Å². The molecular formula is C21H21B2N5S. The number of rotatable bonds is 5. The molecule has 1 fully saturated rings. The van der Waals surface area contributed by atoms with Crippen LogP contribution in [0.3, 0.4) is 0 Å². The summed E-state index contributed by atoms with van der Waals surface area (Å²) in [5.41, 5.74) is 2.24. The van der Waals surface area contributed by atoms with Crippen LogP contribution >= 0.6 is 11.3 Å². The number of anilines is 2. The summed E-state index contributed by atoms with van der Waals surface area (Å²) in [5, 5.41) is 6.29. The minimum Gasteiger partial charge on any atom is -0.376 e. The monoisotopic (exact) mass is 397 g/mol. The van der Waals surface area contributed by atoms with E-state index in [1.165, 1.54) is 32.1 Å². The Morgan fingerprint density at radius 1 is 1.14 bits per heavy atom. The van der Waals surface area contributed by atoms with Gasteiger partial charge in [-0.15, -0.1) is 0 Å². The van der Waals surface area contributed by atoms with Gasteiger partial charge in [0.25, 0.3) is 0 Å². The van der Waals surface area contributed by atoms with Crippen LogP contribution in [0.15, 0.2) is 30.6 Å². The second kappa shape index (κ2) is 8.46. The van der Waals surface area contributed by atoms with Gasteiger partial charge in [0.1, 0.15) is 11.5 Å². The van der Waals surface area contributed by atoms with E-state index in [-0.39, 0.29) is 0 Å². The van der Waals surface area contributed by atoms with Gasteiger partial charge in [-0.25, -0.2) is 9.97 Å². The summed E-state index contributed by atoms with van der Waals surface area (Å²) in [7, 11) is 12.7. The highest BCUT2D eigenvalue weighted by Gasteiger charge is 2.21. The highest BCUT2D eigenvalue weighted by Crippen LogP contribution is 2.31. The van der Waals surface area contributed by atoms with E-state index in [9.17, 15) is 0 Å². The van der Waals surface area contributed by atoms with Crippen molar-refractivity contribution in [2.24, 2.45) is 0 Å². The summed E-state index contributed by atoms with van der Waals surface area (Å²) in [4.78, 5) is 13.2. The molecule has 5 nitrogen and oxygen atoms in total. The van der Waals surface area contributed by atoms with Crippen LogP contribution in [0.1, 0.15) is 50.3 Å². The Morgan fingerprint density at radius 2 is 1.97 bits per heavy atom. The molecule has 1 aromatic carbocycles. The van der Waals surface area contributed by atoms with E-state index in [2.05, 4.69) is 32.4 Å². The number of aromatic nitrogens is 3. The molecule has 3 aromatic rings. The molecule has 2 heterocycles. The Morgan fingerprint density at radius 3 is 2.76 bits per heavy atom. The molecule has 2 aromatic heterocycles. The zero-order valence-corrected chi connectivity index (χ0v) is 17.2. The van der Waals surface area contributed by atoms with Crippen molar-refractivity contribution in [3.63, 3.8) is 0 Å². The van der Waals surface area contributed by atoms with Crippen LogP contribution in [-0.4, -0.2) is 36.7 Å². The molecule has 0 aliphatic heterocycles. The van der Waals surface area contributed by atoms with Crippen LogP contribution in [0.2, 0.25) is 0 Å². The van der Waals surface area contributed by atoms with Gasteiger partial charge in [0.05, 0.1) is 38.3 Å². The van der Waals surface area contributed by atoms with Gasteiger partial charge in [-0.05, 0) is 48.7 Å². The van der Waals surface area contributed by atoms with Crippen molar-refractivity contribution in [2.75, 3.05) is 10.6 Å². The number of fused-ring (bicyclic) bond motifs is 1. The van der Waals surface area contributed by atoms with Crippen LogP contribution in [0, 0.1) is 11.8 Å². The topological polar surface area (TPSA) is 62.7 Å². The predicted molar refractivity (Wildman–Crippen MR) is 122 cm³/mol. The second-order valence-electron chi connectivity index (χ2n) is 7.34. The fraction of sp³-hybridized carbons (Fsp3) is 0.381. The molecule has 29 heavy (non-hydrogen) atoms. The SMILES string of the molecule is [B]C([B])(Nc1cncc(C#CC)n1)c1ccc2nc(NC3CCCCC3)sc2c1. The fourth-order valence-electron chi connectivity index (χ4n) is 3.56. The molecule has 1 aliphatic carbocycles. The maximum Gasteiger partial charge on any atom is 0.184 e. The molecule has 2 N–H and O–H groups in total. The van der Waals surface area contributed by atoms with E-state index in [0.29, 0.717) is 17.6 Å². The van der Waals surface area contributed by atoms with Crippen LogP contribution in [0.25, 0.3) is 10.2 Å². The van der Waals surface area contributed by atoms with Crippen molar-refractivity contribution in [3.05, 3.63) is 41.9 Å². The molecule has 0 atom stereocenters. The Labute approximate surface area is 178 Å². The first-order chi connectivity index (χ1) is 14.0. The standard InChI is InChI=1S/C21H21B2N5S/c1-2-6-16-12-24-13-19(25-16)28-21(22,23)14-9-10-17-18(11-14)29-20(27-17)26-15-7-4-3-5-8-15/h9-13,15H,3-5,7-8H2,1H3,(H,25,28)(H,26,27). The molecule has 1 saturated carbocycles. The summed E-state index contributed by atoms with van der Waals surface area (Å²) < 4.78 is 1.04. The Hall–Kier alpha value is -2.52. The first kappa shape index (κ1) is 19.8. The van der Waals surface area contributed by atoms with Crippen molar-refractivity contribution in [1.29, 1.82) is 0 Å². The lowest BCUT2D eigenvalue weighted by molar-refractivity contribution is 0.462. The van der Waals surface area contributed by atoms with Gasteiger partial charge in [-0.2, -0.15) is 0 Å². The summed E-state index contributed by atoms with van der Waals surface area (Å²) in [6.07, 6.45) is 9.50. The maximum atomic E-state index is 6.37. The fourth-order valence-corrected chi connectivity index (χ4v) is 4.55. The first-order valence-corrected chi connectivity index (χ1v) is 10.6. The molecule has 8 heteroatoms. The molecular weight excluding hydrogens is 376 g/mol. The van der Waals surface area contributed by atoms with Crippen LogP contribution in [0.4, 0.5) is 10.9 Å². The van der Waals surface area contributed by atoms with Crippen molar-refractivity contribution in [3.8, 4) is 11.8 Å². The maximum absolute atomic E-state index is 6.37. The number of thiazole rings is 1. The number of nitrogens with zero attached hydrogens (tertiary/aromatic N) is 3. The third kappa shape index (κ3) is 4.73. The average molecular weight is 397 g/mol. The second-order valence-corrected chi connectivity index (χ2v) is 8.37. The lowest BCUT2D eigenvalue weighted by Gasteiger charge is -2.28. The molecule has 4 radical (unpaired) electrons. The van der Waals surface area contributed by atoms with Gasteiger partial charge in [0.15, 0.2) is 5.13 Å². The van der Waals surface area contributed by atoms with Crippen molar-refractivity contribution >= 4 is 48.2 Å². The van der Waals surface area contributed by atoms with Crippen molar-refractivity contribution in [1.82, 2.24) is 15.0 Å². The number of hydrogen-bond acceptors (Lipinski definition) is 6. The summed E-state index contributed by atoms with van der Waals surface area (Å²) >= 11 is 1.63. The van der Waals surface area contributed by atoms with Gasteiger partial charge in [-0.1, -0.05) is 42.6 Å². The summed E-state index contributed by atoms with van der Waals surface area (Å²) in [5.74, 6) is 6.15. The van der Waals surface area contributed by atoms with Crippen molar-refractivity contribution in [2.45, 2.75) is 50.4 Å². The number of nitrogens with one attached hydrogen (secondary N) is 2. The van der Waals surface area contributed by atoms with Crippen molar-refractivity contribution < 1.29 is 0 Å². The normalized spacial score (nSPS) is 14.9. The molecule has 0 amide bonds. The zero-order chi connectivity index (χ0) is 20.3. The third-order valence-corrected chi connectivity index (χ3v) is 5.97. The smallest absolute Gasteiger partial charge is 0.184 e. The van der Waals surface area contributed by atoms with Gasteiger partial charge >= 0.3 is 0 Å². The van der Waals surface area contributed by atoms with E-state index in [0.717, 1.165) is 20.9 Å². The first-order valence-electron chi connectivity index (χ1n) is 9.82. The zero-order valence-electron chi connectivity index (χ0n) is 16.4. The van der Waals surface area contributed by atoms with E-state index < -0.39 is 5.34 Å². The highest BCUT2D eigenvalue weighted by atomic mass is 32.1. The minimum atomic E-state index is -1.30. The number of benzene rings is 1. The largest absolute Gasteiger partial charge is 0.376 e. The molecule has 0 bridgehead atoms. The van der Waals surface area contributed by atoms with Crippen LogP contribution in [-0.2, 0) is 5.34 Å². The minimum absolute atomic E-state index is 0.472. The molecule has 0 spiro atoms. The van der Waals surface area contributed by atoms with Gasteiger partial charge in [-0.3, -0.25) is 4.98 Å². The van der Waals surface area contributed by atoms with Gasteiger partial charge in [0.2, 0.25) is 0 Å². The van der Waals surface area contributed by atoms with E-state index >= 15 is 0 Å². The van der Waals surface area contributed by atoms with E-state index in [1.54, 1.807) is 30.7 Å². The summed E-state index contributed by atoms with van der Waals surface area (Å²) in [6.45, 7) is 1.75. The number of hydrogen-bond donors (Lipinski definition) is 2. The average Bonchev–Trinajstić information content (AvgIpc) is 3.10. The Kier molecular flexibility index (Phi) is 5.77. The molecule has 0 unspecified atom stereocenters. The lowest BCUT2D eigenvalue weighted by atomic mass is 9.58. The Balaban J connectivity index is 1.54. The van der Waals surface area contributed by atoms with E-state index in [4.69, 9.17) is 20.7 Å². The van der Waals surface area contributed by atoms with Gasteiger partial charge < -0.3 is 10.6 Å². The molecule has 142 valence electrons. The van der Waals surface area contributed by atoms with E-state index in [1.807, 2.05) is 18.2 Å². The van der Waals surface area contributed by atoms with Crippen LogP contribution < -0.4 is 10.6 Å². The Bertz CT molecular complexity index is 1060. The predicted octanol–water partition coefficient (Wildman–Crippen LogP) is 3.76. The third-order valence-electron chi connectivity index (χ3n) is 5.02. The lowest BCUT2D eigenvalue weighted by Crippen LogP contribution is -2.36. The summed E-state index contributed by atoms with van der Waals surface area (Å²) in [6, 6.07) is 6.34. The molecule has 0 saturated heterocycles. The quantitative estimate of drug-likeness (QED) is 0.507.